The van der Waals surface area contributed by atoms with Crippen LogP contribution in [0, 0.1) is 0 Å². The van der Waals surface area contributed by atoms with Gasteiger partial charge in [0.05, 0.1) is 6.42 Å². The van der Waals surface area contributed by atoms with Crippen LogP contribution < -0.4 is 0 Å². The summed E-state index contributed by atoms with van der Waals surface area (Å²) in [6.07, 6.45) is 1.28. The van der Waals surface area contributed by atoms with Gasteiger partial charge >= 0.3 is 5.97 Å². The van der Waals surface area contributed by atoms with Gasteiger partial charge in [0.15, 0.2) is 0 Å². The van der Waals surface area contributed by atoms with Crippen LogP contribution in [0.4, 0.5) is 0 Å². The predicted octanol–water partition coefficient (Wildman–Crippen LogP) is 2.07. The minimum absolute atomic E-state index is 0.207. The summed E-state index contributed by atoms with van der Waals surface area (Å²) in [5.41, 5.74) is 1.09. The molecule has 0 aliphatic heterocycles. The first-order valence-corrected chi connectivity index (χ1v) is 6.80. The fourth-order valence-corrected chi connectivity index (χ4v) is 1.96. The summed E-state index contributed by atoms with van der Waals surface area (Å²) in [6, 6.07) is 0. The molecular weight excluding hydrogens is 228 g/mol. The summed E-state index contributed by atoms with van der Waals surface area (Å²) in [5, 5.41) is 8.73. The lowest BCUT2D eigenvalue weighted by molar-refractivity contribution is -0.137. The van der Waals surface area contributed by atoms with E-state index in [-0.39, 0.29) is 6.42 Å². The Balaban J connectivity index is 3.99. The van der Waals surface area contributed by atoms with Crippen LogP contribution in [-0.2, 0) is 4.79 Å². The number of nitrogens with zero attached hydrogens (tertiary/aromatic N) is 2. The minimum atomic E-state index is -0.731. The van der Waals surface area contributed by atoms with Crippen molar-refractivity contribution in [3.63, 3.8) is 0 Å². The smallest absolute Gasteiger partial charge is 0.304 e. The fourth-order valence-electron chi connectivity index (χ4n) is 1.96. The molecule has 0 atom stereocenters. The molecular formula is C14H28N2O2. The van der Waals surface area contributed by atoms with Crippen molar-refractivity contribution in [1.82, 2.24) is 9.80 Å². The molecule has 4 nitrogen and oxygen atoms in total. The van der Waals surface area contributed by atoms with E-state index in [0.29, 0.717) is 6.54 Å². The van der Waals surface area contributed by atoms with E-state index in [4.69, 9.17) is 5.11 Å². The quantitative estimate of drug-likeness (QED) is 0.575. The van der Waals surface area contributed by atoms with E-state index in [0.717, 1.165) is 44.7 Å². The number of hydrogen-bond donors (Lipinski definition) is 1. The molecule has 0 saturated heterocycles. The van der Waals surface area contributed by atoms with Crippen molar-refractivity contribution >= 4 is 5.97 Å². The maximum Gasteiger partial charge on any atom is 0.304 e. The van der Waals surface area contributed by atoms with Gasteiger partial charge in [-0.25, -0.2) is 0 Å². The number of aliphatic carboxylic acids is 1. The lowest BCUT2D eigenvalue weighted by Gasteiger charge is -2.24. The molecule has 1 N–H and O–H groups in total. The van der Waals surface area contributed by atoms with Gasteiger partial charge in [-0.3, -0.25) is 9.69 Å². The van der Waals surface area contributed by atoms with Crippen LogP contribution in [-0.4, -0.2) is 60.1 Å². The average Bonchev–Trinajstić information content (AvgIpc) is 2.30. The van der Waals surface area contributed by atoms with Gasteiger partial charge in [0.2, 0.25) is 0 Å². The summed E-state index contributed by atoms with van der Waals surface area (Å²) in [7, 11) is 0. The maximum absolute atomic E-state index is 10.6. The second kappa shape index (κ2) is 10.1. The van der Waals surface area contributed by atoms with Gasteiger partial charge in [-0.2, -0.15) is 0 Å². The van der Waals surface area contributed by atoms with E-state index in [9.17, 15) is 4.79 Å². The van der Waals surface area contributed by atoms with E-state index in [2.05, 4.69) is 30.2 Å². The second-order valence-corrected chi connectivity index (χ2v) is 4.76. The van der Waals surface area contributed by atoms with E-state index in [1.165, 1.54) is 0 Å². The highest BCUT2D eigenvalue weighted by atomic mass is 16.4. The Morgan fingerprint density at radius 1 is 1.11 bits per heavy atom. The lowest BCUT2D eigenvalue weighted by atomic mass is 10.2. The van der Waals surface area contributed by atoms with Gasteiger partial charge in [-0.1, -0.05) is 26.0 Å². The molecule has 0 aromatic rings. The molecule has 0 aromatic heterocycles. The SMILES string of the molecule is C=C(C)CN(CCCN(CC)CC)CCC(=O)O. The molecule has 0 radical (unpaired) electrons. The molecule has 106 valence electrons. The standard InChI is InChI=1S/C14H28N2O2/c1-5-15(6-2)9-7-10-16(12-13(3)4)11-8-14(17)18/h3,5-12H2,1-2,4H3,(H,17,18). The van der Waals surface area contributed by atoms with Crippen molar-refractivity contribution in [3.8, 4) is 0 Å². The Morgan fingerprint density at radius 3 is 2.11 bits per heavy atom. The highest BCUT2D eigenvalue weighted by molar-refractivity contribution is 5.66. The molecule has 0 unspecified atom stereocenters. The van der Waals surface area contributed by atoms with Crippen LogP contribution in [0.2, 0.25) is 0 Å². The Labute approximate surface area is 111 Å². The topological polar surface area (TPSA) is 43.8 Å². The van der Waals surface area contributed by atoms with Gasteiger partial charge < -0.3 is 10.0 Å². The first kappa shape index (κ1) is 17.1. The van der Waals surface area contributed by atoms with Gasteiger partial charge in [-0.05, 0) is 39.5 Å². The zero-order chi connectivity index (χ0) is 14.0. The molecule has 18 heavy (non-hydrogen) atoms. The normalized spacial score (nSPS) is 11.2. The van der Waals surface area contributed by atoms with Gasteiger partial charge in [-0.15, -0.1) is 0 Å². The Bertz CT molecular complexity index is 250. The minimum Gasteiger partial charge on any atom is -0.481 e. The maximum atomic E-state index is 10.6. The molecule has 4 heteroatoms. The van der Waals surface area contributed by atoms with Crippen molar-refractivity contribution < 1.29 is 9.90 Å². The van der Waals surface area contributed by atoms with Crippen molar-refractivity contribution in [2.45, 2.75) is 33.6 Å². The number of hydrogen-bond acceptors (Lipinski definition) is 3. The molecule has 0 spiro atoms. The van der Waals surface area contributed by atoms with Crippen LogP contribution >= 0.6 is 0 Å². The molecule has 0 fully saturated rings. The van der Waals surface area contributed by atoms with Crippen molar-refractivity contribution in [2.75, 3.05) is 39.3 Å². The average molecular weight is 256 g/mol. The van der Waals surface area contributed by atoms with Crippen LogP contribution in [0.1, 0.15) is 33.6 Å². The highest BCUT2D eigenvalue weighted by Crippen LogP contribution is 2.01. The van der Waals surface area contributed by atoms with E-state index >= 15 is 0 Å². The van der Waals surface area contributed by atoms with Gasteiger partial charge in [0.1, 0.15) is 0 Å². The van der Waals surface area contributed by atoms with Crippen molar-refractivity contribution in [1.29, 1.82) is 0 Å². The summed E-state index contributed by atoms with van der Waals surface area (Å²) >= 11 is 0. The summed E-state index contributed by atoms with van der Waals surface area (Å²) < 4.78 is 0. The first-order chi connectivity index (χ1) is 8.49. The first-order valence-electron chi connectivity index (χ1n) is 6.80. The third kappa shape index (κ3) is 9.19. The molecule has 0 aromatic carbocycles. The fraction of sp³-hybridized carbons (Fsp3) is 0.786. The van der Waals surface area contributed by atoms with Crippen molar-refractivity contribution in [2.24, 2.45) is 0 Å². The zero-order valence-electron chi connectivity index (χ0n) is 12.1. The Morgan fingerprint density at radius 2 is 1.67 bits per heavy atom. The third-order valence-corrected chi connectivity index (χ3v) is 2.98. The van der Waals surface area contributed by atoms with E-state index in [1.807, 2.05) is 6.92 Å². The Kier molecular flexibility index (Phi) is 9.60. The van der Waals surface area contributed by atoms with Crippen LogP contribution in [0.25, 0.3) is 0 Å². The number of carboxylic acid groups (broad SMARTS) is 1. The number of carboxylic acids is 1. The van der Waals surface area contributed by atoms with Gasteiger partial charge in [0.25, 0.3) is 0 Å². The van der Waals surface area contributed by atoms with Crippen molar-refractivity contribution in [3.05, 3.63) is 12.2 Å². The largest absolute Gasteiger partial charge is 0.481 e. The second-order valence-electron chi connectivity index (χ2n) is 4.76. The highest BCUT2D eigenvalue weighted by Gasteiger charge is 2.08. The Hall–Kier alpha value is -0.870. The number of carbonyl (C=O) groups is 1. The molecule has 0 aliphatic rings. The third-order valence-electron chi connectivity index (χ3n) is 2.98. The summed E-state index contributed by atoms with van der Waals surface area (Å²) in [6.45, 7) is 15.8. The molecule has 0 heterocycles. The summed E-state index contributed by atoms with van der Waals surface area (Å²) in [5.74, 6) is -0.731. The molecule has 0 bridgehead atoms. The zero-order valence-corrected chi connectivity index (χ0v) is 12.1. The molecule has 0 amide bonds. The summed E-state index contributed by atoms with van der Waals surface area (Å²) in [4.78, 5) is 15.2. The van der Waals surface area contributed by atoms with E-state index in [1.54, 1.807) is 0 Å². The number of rotatable bonds is 11. The molecule has 0 saturated carbocycles. The van der Waals surface area contributed by atoms with Crippen LogP contribution in [0.3, 0.4) is 0 Å². The van der Waals surface area contributed by atoms with Crippen LogP contribution in [0.5, 0.6) is 0 Å². The van der Waals surface area contributed by atoms with Gasteiger partial charge in [0, 0.05) is 13.1 Å². The lowest BCUT2D eigenvalue weighted by Crippen LogP contribution is -2.32. The molecule has 0 rings (SSSR count). The predicted molar refractivity (Wildman–Crippen MR) is 75.9 cm³/mol. The monoisotopic (exact) mass is 256 g/mol. The van der Waals surface area contributed by atoms with Crippen LogP contribution in [0.15, 0.2) is 12.2 Å². The molecule has 0 aliphatic carbocycles. The van der Waals surface area contributed by atoms with E-state index < -0.39 is 5.97 Å².